The van der Waals surface area contributed by atoms with E-state index in [9.17, 15) is 4.79 Å². The fourth-order valence-corrected chi connectivity index (χ4v) is 1.78. The Kier molecular flexibility index (Phi) is 3.74. The van der Waals surface area contributed by atoms with Crippen molar-refractivity contribution in [1.82, 2.24) is 4.98 Å². The van der Waals surface area contributed by atoms with Crippen molar-refractivity contribution in [3.8, 4) is 0 Å². The summed E-state index contributed by atoms with van der Waals surface area (Å²) in [5.74, 6) is -0.396. The number of ether oxygens (including phenoxy) is 1. The molecule has 0 spiro atoms. The molecule has 5 heteroatoms. The number of rotatable bonds is 3. The van der Waals surface area contributed by atoms with Gasteiger partial charge in [0.15, 0.2) is 0 Å². The number of carbonyl (C=O) groups excluding carboxylic acids is 1. The second-order valence-corrected chi connectivity index (χ2v) is 3.98. The Morgan fingerprint density at radius 3 is 2.72 bits per heavy atom. The lowest BCUT2D eigenvalue weighted by Crippen LogP contribution is -2.14. The maximum atomic E-state index is 11.6. The van der Waals surface area contributed by atoms with E-state index in [4.69, 9.17) is 17.0 Å². The van der Waals surface area contributed by atoms with Crippen molar-refractivity contribution in [2.24, 2.45) is 0 Å². The summed E-state index contributed by atoms with van der Waals surface area (Å²) in [7, 11) is 1.35. The number of hydrogen-bond donors (Lipinski definition) is 2. The molecule has 0 unspecified atom stereocenters. The molecule has 2 aromatic rings. The molecule has 18 heavy (non-hydrogen) atoms. The van der Waals surface area contributed by atoms with Gasteiger partial charge >= 0.3 is 5.97 Å². The van der Waals surface area contributed by atoms with Gasteiger partial charge in [-0.15, -0.1) is 0 Å². The number of para-hydroxylation sites is 1. The van der Waals surface area contributed by atoms with Crippen LogP contribution in [-0.4, -0.2) is 23.1 Å². The van der Waals surface area contributed by atoms with Crippen LogP contribution in [0, 0.1) is 0 Å². The number of thiocarbonyl (C=S) groups is 1. The van der Waals surface area contributed by atoms with Crippen molar-refractivity contribution >= 4 is 28.9 Å². The van der Waals surface area contributed by atoms with Crippen LogP contribution in [0.4, 0.5) is 5.69 Å². The molecule has 0 radical (unpaired) electrons. The SMILES string of the molecule is COC(=O)c1ccccc1NC(=S)c1ccc[nH]1. The molecular formula is C13H12N2O2S. The Morgan fingerprint density at radius 1 is 1.28 bits per heavy atom. The summed E-state index contributed by atoms with van der Waals surface area (Å²) >= 11 is 5.24. The van der Waals surface area contributed by atoms with E-state index in [-0.39, 0.29) is 0 Å². The summed E-state index contributed by atoms with van der Waals surface area (Å²) in [6.45, 7) is 0. The lowest BCUT2D eigenvalue weighted by atomic mass is 10.2. The minimum Gasteiger partial charge on any atom is -0.465 e. The molecule has 1 heterocycles. The topological polar surface area (TPSA) is 54.1 Å². The van der Waals surface area contributed by atoms with E-state index in [1.807, 2.05) is 18.2 Å². The Bertz CT molecular complexity index is 564. The highest BCUT2D eigenvalue weighted by Crippen LogP contribution is 2.17. The smallest absolute Gasteiger partial charge is 0.339 e. The van der Waals surface area contributed by atoms with E-state index in [0.29, 0.717) is 16.2 Å². The normalized spacial score (nSPS) is 9.83. The van der Waals surface area contributed by atoms with Gasteiger partial charge in [0, 0.05) is 6.20 Å². The number of esters is 1. The predicted molar refractivity (Wildman–Crippen MR) is 73.9 cm³/mol. The summed E-state index contributed by atoms with van der Waals surface area (Å²) in [6.07, 6.45) is 1.79. The molecule has 0 fully saturated rings. The van der Waals surface area contributed by atoms with Gasteiger partial charge in [0.05, 0.1) is 24.1 Å². The van der Waals surface area contributed by atoms with Crippen molar-refractivity contribution in [3.63, 3.8) is 0 Å². The van der Waals surface area contributed by atoms with Gasteiger partial charge in [-0.1, -0.05) is 24.4 Å². The largest absolute Gasteiger partial charge is 0.465 e. The van der Waals surface area contributed by atoms with Gasteiger partial charge in [-0.3, -0.25) is 0 Å². The Hall–Kier alpha value is -2.14. The van der Waals surface area contributed by atoms with Crippen molar-refractivity contribution in [1.29, 1.82) is 0 Å². The fraction of sp³-hybridized carbons (Fsp3) is 0.0769. The number of methoxy groups -OCH3 is 1. The molecule has 0 bridgehead atoms. The molecule has 0 amide bonds. The molecule has 2 rings (SSSR count). The summed E-state index contributed by atoms with van der Waals surface area (Å²) in [6, 6.07) is 10.8. The lowest BCUT2D eigenvalue weighted by Gasteiger charge is -2.10. The monoisotopic (exact) mass is 260 g/mol. The zero-order valence-electron chi connectivity index (χ0n) is 9.77. The van der Waals surface area contributed by atoms with Crippen molar-refractivity contribution in [2.45, 2.75) is 0 Å². The van der Waals surface area contributed by atoms with Crippen LogP contribution in [0.3, 0.4) is 0 Å². The van der Waals surface area contributed by atoms with Crippen molar-refractivity contribution in [3.05, 3.63) is 53.9 Å². The molecule has 1 aromatic heterocycles. The van der Waals surface area contributed by atoms with Gasteiger partial charge in [-0.05, 0) is 24.3 Å². The number of benzene rings is 1. The van der Waals surface area contributed by atoms with Gasteiger partial charge in [0.1, 0.15) is 4.99 Å². The van der Waals surface area contributed by atoms with Crippen LogP contribution in [0.1, 0.15) is 16.1 Å². The number of hydrogen-bond acceptors (Lipinski definition) is 3. The first kappa shape index (κ1) is 12.3. The van der Waals surface area contributed by atoms with E-state index in [2.05, 4.69) is 10.3 Å². The third-order valence-corrected chi connectivity index (χ3v) is 2.75. The summed E-state index contributed by atoms with van der Waals surface area (Å²) in [4.78, 5) is 15.1. The average Bonchev–Trinajstić information content (AvgIpc) is 2.92. The minimum atomic E-state index is -0.396. The van der Waals surface area contributed by atoms with E-state index in [1.54, 1.807) is 24.4 Å². The van der Waals surface area contributed by atoms with Gasteiger partial charge in [0.25, 0.3) is 0 Å². The molecule has 1 aromatic carbocycles. The molecule has 0 aliphatic carbocycles. The number of H-pyrrole nitrogens is 1. The molecule has 92 valence electrons. The minimum absolute atomic E-state index is 0.396. The average molecular weight is 260 g/mol. The predicted octanol–water partition coefficient (Wildman–Crippen LogP) is 2.59. The summed E-state index contributed by atoms with van der Waals surface area (Å²) in [5, 5.41) is 3.03. The highest BCUT2D eigenvalue weighted by atomic mass is 32.1. The molecule has 0 saturated heterocycles. The second kappa shape index (κ2) is 5.46. The van der Waals surface area contributed by atoms with E-state index < -0.39 is 5.97 Å². The molecule has 4 nitrogen and oxygen atoms in total. The Morgan fingerprint density at radius 2 is 2.06 bits per heavy atom. The number of aromatic nitrogens is 1. The van der Waals surface area contributed by atoms with Crippen molar-refractivity contribution in [2.75, 3.05) is 12.4 Å². The van der Waals surface area contributed by atoms with E-state index in [1.165, 1.54) is 7.11 Å². The molecular weight excluding hydrogens is 248 g/mol. The van der Waals surface area contributed by atoms with Crippen LogP contribution in [0.15, 0.2) is 42.6 Å². The number of anilines is 1. The van der Waals surface area contributed by atoms with Crippen LogP contribution >= 0.6 is 12.2 Å². The lowest BCUT2D eigenvalue weighted by molar-refractivity contribution is 0.0602. The third kappa shape index (κ3) is 2.57. The van der Waals surface area contributed by atoms with Crippen LogP contribution in [0.2, 0.25) is 0 Å². The zero-order valence-corrected chi connectivity index (χ0v) is 10.6. The molecule has 0 aliphatic heterocycles. The van der Waals surface area contributed by atoms with Gasteiger partial charge in [-0.2, -0.15) is 0 Å². The molecule has 0 saturated carbocycles. The third-order valence-electron chi connectivity index (χ3n) is 2.42. The Labute approximate surface area is 110 Å². The highest BCUT2D eigenvalue weighted by Gasteiger charge is 2.12. The fourth-order valence-electron chi connectivity index (χ4n) is 1.54. The number of carbonyl (C=O) groups is 1. The highest BCUT2D eigenvalue weighted by molar-refractivity contribution is 7.81. The molecule has 0 aliphatic rings. The van der Waals surface area contributed by atoms with Crippen LogP contribution < -0.4 is 5.32 Å². The van der Waals surface area contributed by atoms with Gasteiger partial charge < -0.3 is 15.0 Å². The first-order valence-electron chi connectivity index (χ1n) is 5.34. The van der Waals surface area contributed by atoms with Crippen molar-refractivity contribution < 1.29 is 9.53 Å². The zero-order chi connectivity index (χ0) is 13.0. The van der Waals surface area contributed by atoms with Crippen LogP contribution in [0.25, 0.3) is 0 Å². The number of nitrogens with one attached hydrogen (secondary N) is 2. The Balaban J connectivity index is 2.24. The second-order valence-electron chi connectivity index (χ2n) is 3.58. The quantitative estimate of drug-likeness (QED) is 0.658. The summed E-state index contributed by atoms with van der Waals surface area (Å²) in [5.41, 5.74) is 1.88. The van der Waals surface area contributed by atoms with Gasteiger partial charge in [0.2, 0.25) is 0 Å². The number of aromatic amines is 1. The maximum Gasteiger partial charge on any atom is 0.339 e. The first-order valence-corrected chi connectivity index (χ1v) is 5.75. The summed E-state index contributed by atoms with van der Waals surface area (Å²) < 4.78 is 4.72. The van der Waals surface area contributed by atoms with E-state index in [0.717, 1.165) is 5.69 Å². The maximum absolute atomic E-state index is 11.6. The molecule has 0 atom stereocenters. The molecule has 2 N–H and O–H groups in total. The standard InChI is InChI=1S/C13H12N2O2S/c1-17-13(16)9-5-2-3-6-10(9)15-12(18)11-7-4-8-14-11/h2-8,14H,1H3,(H,15,18). The van der Waals surface area contributed by atoms with E-state index >= 15 is 0 Å². The van der Waals surface area contributed by atoms with Gasteiger partial charge in [-0.25, -0.2) is 4.79 Å². The first-order chi connectivity index (χ1) is 8.72. The van der Waals surface area contributed by atoms with Crippen LogP contribution in [-0.2, 0) is 4.74 Å². The van der Waals surface area contributed by atoms with Crippen LogP contribution in [0.5, 0.6) is 0 Å².